The van der Waals surface area contributed by atoms with Gasteiger partial charge in [-0.3, -0.25) is 4.79 Å². The predicted octanol–water partition coefficient (Wildman–Crippen LogP) is 3.54. The summed E-state index contributed by atoms with van der Waals surface area (Å²) < 4.78 is 4.30. The van der Waals surface area contributed by atoms with Gasteiger partial charge in [0.15, 0.2) is 0 Å². The number of aromatic nitrogens is 1. The predicted molar refractivity (Wildman–Crippen MR) is 84.6 cm³/mol. The van der Waals surface area contributed by atoms with Gasteiger partial charge in [-0.2, -0.15) is 4.37 Å². The van der Waals surface area contributed by atoms with Crippen molar-refractivity contribution in [1.29, 1.82) is 0 Å². The van der Waals surface area contributed by atoms with Crippen molar-refractivity contribution >= 4 is 22.4 Å². The molecule has 0 saturated carbocycles. The number of hydrogen-bond acceptors (Lipinski definition) is 4. The van der Waals surface area contributed by atoms with Gasteiger partial charge in [-0.15, -0.1) is 0 Å². The Kier molecular flexibility index (Phi) is 5.40. The van der Waals surface area contributed by atoms with E-state index in [2.05, 4.69) is 16.6 Å². The summed E-state index contributed by atoms with van der Waals surface area (Å²) in [5.41, 5.74) is 1.62. The van der Waals surface area contributed by atoms with Gasteiger partial charge in [0, 0.05) is 20.1 Å². The van der Waals surface area contributed by atoms with Gasteiger partial charge in [0.1, 0.15) is 5.00 Å². The van der Waals surface area contributed by atoms with Gasteiger partial charge in [0.2, 0.25) is 0 Å². The molecule has 4 nitrogen and oxygen atoms in total. The monoisotopic (exact) mass is 295 g/mol. The fourth-order valence-electron chi connectivity index (χ4n) is 3.02. The highest BCUT2D eigenvalue weighted by atomic mass is 32.1. The summed E-state index contributed by atoms with van der Waals surface area (Å²) in [5.74, 6) is 0.945. The molecular weight excluding hydrogens is 270 g/mol. The maximum atomic E-state index is 12.7. The van der Waals surface area contributed by atoms with Gasteiger partial charge >= 0.3 is 0 Å². The number of aryl methyl sites for hydroxylation is 1. The molecule has 2 rings (SSSR count). The number of amides is 1. The fraction of sp³-hybridized carbons (Fsp3) is 0.733. The molecule has 2 heterocycles. The van der Waals surface area contributed by atoms with Crippen LogP contribution in [0.5, 0.6) is 0 Å². The van der Waals surface area contributed by atoms with E-state index in [9.17, 15) is 4.79 Å². The number of anilines is 1. The van der Waals surface area contributed by atoms with Crippen LogP contribution in [0.3, 0.4) is 0 Å². The lowest BCUT2D eigenvalue weighted by Gasteiger charge is -2.21. The van der Waals surface area contributed by atoms with Gasteiger partial charge in [0.25, 0.3) is 5.91 Å². The smallest absolute Gasteiger partial charge is 0.258 e. The number of nitrogens with one attached hydrogen (secondary N) is 1. The number of rotatable bonds is 4. The summed E-state index contributed by atoms with van der Waals surface area (Å²) in [6, 6.07) is 0. The molecule has 1 fully saturated rings. The molecule has 0 spiro atoms. The summed E-state index contributed by atoms with van der Waals surface area (Å²) in [7, 11) is 1.85. The van der Waals surface area contributed by atoms with E-state index >= 15 is 0 Å². The SMILES string of the molecule is CCC[C@H]1CCCN(C(=O)c2c(C)nsc2NC)CC1. The molecule has 1 saturated heterocycles. The van der Waals surface area contributed by atoms with E-state index in [1.54, 1.807) is 0 Å². The van der Waals surface area contributed by atoms with Crippen molar-refractivity contribution in [3.05, 3.63) is 11.3 Å². The van der Waals surface area contributed by atoms with Crippen molar-refractivity contribution in [3.8, 4) is 0 Å². The zero-order valence-corrected chi connectivity index (χ0v) is 13.6. The van der Waals surface area contributed by atoms with E-state index in [1.165, 1.54) is 30.8 Å². The molecule has 1 atom stereocenters. The first-order chi connectivity index (χ1) is 9.67. The van der Waals surface area contributed by atoms with Crippen LogP contribution in [-0.4, -0.2) is 35.3 Å². The molecule has 1 aromatic rings. The minimum absolute atomic E-state index is 0.151. The van der Waals surface area contributed by atoms with Crippen molar-refractivity contribution in [2.45, 2.75) is 46.0 Å². The molecule has 0 unspecified atom stereocenters. The molecular formula is C15H25N3OS. The highest BCUT2D eigenvalue weighted by molar-refractivity contribution is 7.10. The summed E-state index contributed by atoms with van der Waals surface area (Å²) in [5, 5.41) is 3.98. The third-order valence-electron chi connectivity index (χ3n) is 4.14. The highest BCUT2D eigenvalue weighted by Crippen LogP contribution is 2.28. The average molecular weight is 295 g/mol. The first-order valence-electron chi connectivity index (χ1n) is 7.60. The summed E-state index contributed by atoms with van der Waals surface area (Å²) in [6.07, 6.45) is 6.07. The quantitative estimate of drug-likeness (QED) is 0.924. The molecule has 1 aliphatic heterocycles. The number of nitrogens with zero attached hydrogens (tertiary/aromatic N) is 2. The molecule has 112 valence electrons. The standard InChI is InChI=1S/C15H25N3OS/c1-4-6-12-7-5-9-18(10-8-12)15(19)13-11(2)17-20-14(13)16-3/h12,16H,4-10H2,1-3H3/t12-/m0/s1. The van der Waals surface area contributed by atoms with Crippen molar-refractivity contribution in [1.82, 2.24) is 9.27 Å². The maximum absolute atomic E-state index is 12.7. The first-order valence-corrected chi connectivity index (χ1v) is 8.38. The van der Waals surface area contributed by atoms with Crippen LogP contribution in [0.2, 0.25) is 0 Å². The van der Waals surface area contributed by atoms with Gasteiger partial charge in [-0.05, 0) is 43.6 Å². The van der Waals surface area contributed by atoms with Gasteiger partial charge in [0.05, 0.1) is 11.3 Å². The normalized spacial score (nSPS) is 19.8. The van der Waals surface area contributed by atoms with Crippen LogP contribution in [0.1, 0.15) is 55.1 Å². The number of carbonyl (C=O) groups is 1. The van der Waals surface area contributed by atoms with Gasteiger partial charge < -0.3 is 10.2 Å². The zero-order chi connectivity index (χ0) is 14.5. The molecule has 1 aliphatic rings. The van der Waals surface area contributed by atoms with E-state index < -0.39 is 0 Å². The lowest BCUT2D eigenvalue weighted by atomic mass is 9.96. The lowest BCUT2D eigenvalue weighted by molar-refractivity contribution is 0.0760. The largest absolute Gasteiger partial charge is 0.378 e. The Bertz CT molecular complexity index is 458. The van der Waals surface area contributed by atoms with E-state index in [0.717, 1.165) is 48.1 Å². The third-order valence-corrected chi connectivity index (χ3v) is 5.09. The number of hydrogen-bond donors (Lipinski definition) is 1. The number of likely N-dealkylation sites (tertiary alicyclic amines) is 1. The van der Waals surface area contributed by atoms with Crippen LogP contribution in [0, 0.1) is 12.8 Å². The Morgan fingerprint density at radius 2 is 2.25 bits per heavy atom. The Hall–Kier alpha value is -1.10. The van der Waals surface area contributed by atoms with Crippen LogP contribution in [0.25, 0.3) is 0 Å². The molecule has 0 bridgehead atoms. The Balaban J connectivity index is 2.07. The minimum atomic E-state index is 0.151. The summed E-state index contributed by atoms with van der Waals surface area (Å²) in [6.45, 7) is 5.94. The average Bonchev–Trinajstić information content (AvgIpc) is 2.67. The van der Waals surface area contributed by atoms with Crippen molar-refractivity contribution < 1.29 is 4.79 Å². The lowest BCUT2D eigenvalue weighted by Crippen LogP contribution is -2.32. The summed E-state index contributed by atoms with van der Waals surface area (Å²) >= 11 is 1.37. The molecule has 0 aliphatic carbocycles. The topological polar surface area (TPSA) is 45.2 Å². The van der Waals surface area contributed by atoms with Crippen molar-refractivity contribution in [3.63, 3.8) is 0 Å². The van der Waals surface area contributed by atoms with Crippen LogP contribution < -0.4 is 5.32 Å². The second kappa shape index (κ2) is 7.07. The molecule has 20 heavy (non-hydrogen) atoms. The molecule has 1 N–H and O–H groups in total. The fourth-order valence-corrected chi connectivity index (χ4v) is 3.75. The van der Waals surface area contributed by atoms with E-state index in [1.807, 2.05) is 18.9 Å². The van der Waals surface area contributed by atoms with Crippen LogP contribution in [0.15, 0.2) is 0 Å². The van der Waals surface area contributed by atoms with E-state index in [0.29, 0.717) is 0 Å². The Labute approximate surface area is 125 Å². The second-order valence-corrected chi connectivity index (χ2v) is 6.37. The van der Waals surface area contributed by atoms with Gasteiger partial charge in [-0.25, -0.2) is 0 Å². The molecule has 5 heteroatoms. The van der Waals surface area contributed by atoms with E-state index in [4.69, 9.17) is 0 Å². The summed E-state index contributed by atoms with van der Waals surface area (Å²) in [4.78, 5) is 14.8. The minimum Gasteiger partial charge on any atom is -0.378 e. The van der Waals surface area contributed by atoms with E-state index in [-0.39, 0.29) is 5.91 Å². The zero-order valence-electron chi connectivity index (χ0n) is 12.7. The van der Waals surface area contributed by atoms with Crippen molar-refractivity contribution in [2.24, 2.45) is 5.92 Å². The second-order valence-electron chi connectivity index (χ2n) is 5.60. The highest BCUT2D eigenvalue weighted by Gasteiger charge is 2.25. The molecule has 0 aromatic carbocycles. The van der Waals surface area contributed by atoms with Gasteiger partial charge in [-0.1, -0.05) is 19.8 Å². The maximum Gasteiger partial charge on any atom is 0.258 e. The third kappa shape index (κ3) is 3.32. The van der Waals surface area contributed by atoms with Crippen LogP contribution in [-0.2, 0) is 0 Å². The number of carbonyl (C=O) groups excluding carboxylic acids is 1. The first kappa shape index (κ1) is 15.3. The Morgan fingerprint density at radius 1 is 1.45 bits per heavy atom. The Morgan fingerprint density at radius 3 is 2.95 bits per heavy atom. The van der Waals surface area contributed by atoms with Crippen molar-refractivity contribution in [2.75, 3.05) is 25.5 Å². The molecule has 1 aromatic heterocycles. The molecule has 0 radical (unpaired) electrons. The van der Waals surface area contributed by atoms with Crippen LogP contribution >= 0.6 is 11.5 Å². The molecule has 1 amide bonds. The van der Waals surface area contributed by atoms with Crippen LogP contribution in [0.4, 0.5) is 5.00 Å².